The minimum absolute atomic E-state index is 0.133. The zero-order chi connectivity index (χ0) is 17.1. The molecule has 0 unspecified atom stereocenters. The van der Waals surface area contributed by atoms with Gasteiger partial charge in [-0.1, -0.05) is 17.7 Å². The lowest BCUT2D eigenvalue weighted by Crippen LogP contribution is -2.26. The molecule has 0 aliphatic heterocycles. The quantitative estimate of drug-likeness (QED) is 0.793. The molecule has 3 rings (SSSR count). The highest BCUT2D eigenvalue weighted by Gasteiger charge is 2.12. The van der Waals surface area contributed by atoms with Gasteiger partial charge in [-0.15, -0.1) is 0 Å². The van der Waals surface area contributed by atoms with Crippen LogP contribution in [0.1, 0.15) is 10.4 Å². The molecule has 0 aliphatic carbocycles. The molecule has 1 aromatic heterocycles. The Morgan fingerprint density at radius 3 is 2.62 bits per heavy atom. The summed E-state index contributed by atoms with van der Waals surface area (Å²) in [6.07, 6.45) is 2.87. The summed E-state index contributed by atoms with van der Waals surface area (Å²) in [5.74, 6) is -1.14. The van der Waals surface area contributed by atoms with Gasteiger partial charge in [-0.2, -0.15) is 0 Å². The first kappa shape index (κ1) is 15.9. The number of rotatable bonds is 3. The molecule has 0 aliphatic rings. The van der Waals surface area contributed by atoms with E-state index >= 15 is 0 Å². The third kappa shape index (κ3) is 3.33. The van der Waals surface area contributed by atoms with Gasteiger partial charge in [0.25, 0.3) is 11.5 Å². The predicted molar refractivity (Wildman–Crippen MR) is 89.2 cm³/mol. The summed E-state index contributed by atoms with van der Waals surface area (Å²) in [7, 11) is 0. The Hall–Kier alpha value is -2.99. The molecule has 1 amide bonds. The number of carbonyl (C=O) groups excluding carboxylic acids is 1. The first-order chi connectivity index (χ1) is 11.5. The van der Waals surface area contributed by atoms with E-state index < -0.39 is 17.3 Å². The molecule has 1 heterocycles. The van der Waals surface area contributed by atoms with Crippen LogP contribution in [0, 0.1) is 5.82 Å². The normalized spacial score (nSPS) is 10.4. The van der Waals surface area contributed by atoms with E-state index in [1.54, 1.807) is 24.3 Å². The average molecular weight is 344 g/mol. The predicted octanol–water partition coefficient (Wildman–Crippen LogP) is 3.28. The molecule has 7 heteroatoms. The van der Waals surface area contributed by atoms with E-state index in [4.69, 9.17) is 11.6 Å². The zero-order valence-corrected chi connectivity index (χ0v) is 13.0. The smallest absolute Gasteiger partial charge is 0.298 e. The summed E-state index contributed by atoms with van der Waals surface area (Å²) in [4.78, 5) is 28.5. The fraction of sp³-hybridized carbons (Fsp3) is 0. The lowest BCUT2D eigenvalue weighted by molar-refractivity contribution is 0.102. The highest BCUT2D eigenvalue weighted by Crippen LogP contribution is 2.13. The number of hydrogen-bond donors (Lipinski definition) is 1. The molecule has 1 N–H and O–H groups in total. The van der Waals surface area contributed by atoms with E-state index in [-0.39, 0.29) is 11.4 Å². The first-order valence-corrected chi connectivity index (χ1v) is 7.33. The maximum absolute atomic E-state index is 12.9. The molecule has 0 saturated carbocycles. The van der Waals surface area contributed by atoms with Gasteiger partial charge in [0.15, 0.2) is 5.82 Å². The van der Waals surface area contributed by atoms with Crippen molar-refractivity contribution in [2.45, 2.75) is 0 Å². The molecule has 24 heavy (non-hydrogen) atoms. The molecule has 0 spiro atoms. The standard InChI is InChI=1S/C17H11ClFN3O2/c18-12-2-1-3-14(10-12)22-9-8-20-15(17(22)24)21-16(23)11-4-6-13(19)7-5-11/h1-10H,(H,20,21,23). The summed E-state index contributed by atoms with van der Waals surface area (Å²) < 4.78 is 14.2. The molecular weight excluding hydrogens is 333 g/mol. The van der Waals surface area contributed by atoms with Crippen molar-refractivity contribution < 1.29 is 9.18 Å². The molecule has 0 fully saturated rings. The highest BCUT2D eigenvalue weighted by atomic mass is 35.5. The average Bonchev–Trinajstić information content (AvgIpc) is 2.57. The molecule has 5 nitrogen and oxygen atoms in total. The van der Waals surface area contributed by atoms with Crippen molar-refractivity contribution in [2.24, 2.45) is 0 Å². The highest BCUT2D eigenvalue weighted by molar-refractivity contribution is 6.30. The van der Waals surface area contributed by atoms with Gasteiger partial charge in [-0.25, -0.2) is 9.37 Å². The molecule has 0 bridgehead atoms. The van der Waals surface area contributed by atoms with Gasteiger partial charge in [0, 0.05) is 23.0 Å². The molecule has 2 aromatic carbocycles. The third-order valence-electron chi connectivity index (χ3n) is 3.27. The third-order valence-corrected chi connectivity index (χ3v) is 3.50. The summed E-state index contributed by atoms with van der Waals surface area (Å²) in [5.41, 5.74) is 0.262. The van der Waals surface area contributed by atoms with Crippen molar-refractivity contribution in [1.82, 2.24) is 9.55 Å². The van der Waals surface area contributed by atoms with Crippen LogP contribution in [0.15, 0.2) is 65.7 Å². The minimum atomic E-state index is -0.552. The van der Waals surface area contributed by atoms with Crippen molar-refractivity contribution in [1.29, 1.82) is 0 Å². The van der Waals surface area contributed by atoms with Crippen LogP contribution < -0.4 is 10.9 Å². The molecule has 0 atom stereocenters. The number of nitrogens with one attached hydrogen (secondary N) is 1. The fourth-order valence-corrected chi connectivity index (χ4v) is 2.29. The number of benzene rings is 2. The van der Waals surface area contributed by atoms with Gasteiger partial charge in [0.2, 0.25) is 0 Å². The van der Waals surface area contributed by atoms with Gasteiger partial charge >= 0.3 is 0 Å². The number of carbonyl (C=O) groups is 1. The van der Waals surface area contributed by atoms with Crippen molar-refractivity contribution in [2.75, 3.05) is 5.32 Å². The maximum atomic E-state index is 12.9. The summed E-state index contributed by atoms with van der Waals surface area (Å²) in [6, 6.07) is 11.7. The van der Waals surface area contributed by atoms with Gasteiger partial charge < -0.3 is 5.32 Å². The molecule has 120 valence electrons. The van der Waals surface area contributed by atoms with Crippen molar-refractivity contribution in [3.8, 4) is 5.69 Å². The van der Waals surface area contributed by atoms with Crippen LogP contribution in [0.5, 0.6) is 0 Å². The number of aromatic nitrogens is 2. The van der Waals surface area contributed by atoms with E-state index in [9.17, 15) is 14.0 Å². The lowest BCUT2D eigenvalue weighted by Gasteiger charge is -2.09. The number of amides is 1. The van der Waals surface area contributed by atoms with Crippen LogP contribution in [-0.2, 0) is 0 Å². The molecule has 0 radical (unpaired) electrons. The van der Waals surface area contributed by atoms with Crippen LogP contribution >= 0.6 is 11.6 Å². The topological polar surface area (TPSA) is 64.0 Å². The van der Waals surface area contributed by atoms with Gasteiger partial charge in [-0.05, 0) is 42.5 Å². The Balaban J connectivity index is 1.92. The first-order valence-electron chi connectivity index (χ1n) is 6.95. The summed E-state index contributed by atoms with van der Waals surface area (Å²) >= 11 is 5.93. The summed E-state index contributed by atoms with van der Waals surface area (Å²) in [6.45, 7) is 0. The Morgan fingerprint density at radius 2 is 1.92 bits per heavy atom. The minimum Gasteiger partial charge on any atom is -0.302 e. The van der Waals surface area contributed by atoms with Gasteiger partial charge in [0.1, 0.15) is 5.82 Å². The number of hydrogen-bond acceptors (Lipinski definition) is 3. The Bertz CT molecular complexity index is 955. The van der Waals surface area contributed by atoms with Crippen LogP contribution in [0.2, 0.25) is 5.02 Å². The number of anilines is 1. The number of halogens is 2. The van der Waals surface area contributed by atoms with E-state index in [2.05, 4.69) is 10.3 Å². The molecule has 0 saturated heterocycles. The second-order valence-electron chi connectivity index (χ2n) is 4.89. The van der Waals surface area contributed by atoms with E-state index in [1.165, 1.54) is 29.1 Å². The van der Waals surface area contributed by atoms with Crippen molar-refractivity contribution >= 4 is 23.3 Å². The van der Waals surface area contributed by atoms with Gasteiger partial charge in [-0.3, -0.25) is 14.2 Å². The van der Waals surface area contributed by atoms with E-state index in [1.807, 2.05) is 0 Å². The zero-order valence-electron chi connectivity index (χ0n) is 12.2. The van der Waals surface area contributed by atoms with Gasteiger partial charge in [0.05, 0.1) is 5.69 Å². The van der Waals surface area contributed by atoms with E-state index in [0.29, 0.717) is 10.7 Å². The van der Waals surface area contributed by atoms with Crippen molar-refractivity contribution in [3.05, 3.63) is 87.7 Å². The van der Waals surface area contributed by atoms with Crippen LogP contribution in [-0.4, -0.2) is 15.5 Å². The molecular formula is C17H11ClFN3O2. The maximum Gasteiger partial charge on any atom is 0.298 e. The monoisotopic (exact) mass is 343 g/mol. The van der Waals surface area contributed by atoms with E-state index in [0.717, 1.165) is 12.1 Å². The number of nitrogens with zero attached hydrogens (tertiary/aromatic N) is 2. The van der Waals surface area contributed by atoms with Crippen LogP contribution in [0.4, 0.5) is 10.2 Å². The second kappa shape index (κ2) is 6.64. The second-order valence-corrected chi connectivity index (χ2v) is 5.33. The van der Waals surface area contributed by atoms with Crippen LogP contribution in [0.3, 0.4) is 0 Å². The largest absolute Gasteiger partial charge is 0.302 e. The Kier molecular flexibility index (Phi) is 4.39. The molecule has 3 aromatic rings. The SMILES string of the molecule is O=C(Nc1nccn(-c2cccc(Cl)c2)c1=O)c1ccc(F)cc1. The lowest BCUT2D eigenvalue weighted by atomic mass is 10.2. The fourth-order valence-electron chi connectivity index (χ4n) is 2.11. The summed E-state index contributed by atoms with van der Waals surface area (Å²) in [5, 5.41) is 2.91. The Labute approximate surface area is 141 Å². The van der Waals surface area contributed by atoms with Crippen LogP contribution in [0.25, 0.3) is 5.69 Å². The Morgan fingerprint density at radius 1 is 1.17 bits per heavy atom. The van der Waals surface area contributed by atoms with Crippen molar-refractivity contribution in [3.63, 3.8) is 0 Å².